The van der Waals surface area contributed by atoms with E-state index in [9.17, 15) is 14.0 Å². The van der Waals surface area contributed by atoms with Gasteiger partial charge < -0.3 is 14.5 Å². The summed E-state index contributed by atoms with van der Waals surface area (Å²) in [7, 11) is 0. The van der Waals surface area contributed by atoms with Crippen LogP contribution in [-0.4, -0.2) is 68.6 Å². The zero-order valence-corrected chi connectivity index (χ0v) is 17.4. The van der Waals surface area contributed by atoms with E-state index in [1.165, 1.54) is 35.4 Å². The lowest BCUT2D eigenvalue weighted by molar-refractivity contribution is 0.0284. The fraction of sp³-hybridized carbons (Fsp3) is 0.524. The summed E-state index contributed by atoms with van der Waals surface area (Å²) in [5.41, 5.74) is 0.128. The molecular weight excluding hydrogens is 389 g/mol. The molecule has 9 heteroatoms. The number of hydrogen-bond acceptors (Lipinski definition) is 5. The summed E-state index contributed by atoms with van der Waals surface area (Å²) < 4.78 is 19.4. The van der Waals surface area contributed by atoms with E-state index in [4.69, 9.17) is 4.74 Å². The van der Waals surface area contributed by atoms with Gasteiger partial charge in [-0.3, -0.25) is 4.79 Å². The topological polar surface area (TPSA) is 80.6 Å². The summed E-state index contributed by atoms with van der Waals surface area (Å²) >= 11 is 0. The number of hydrogen-bond donors (Lipinski definition) is 0. The number of carbonyl (C=O) groups is 2. The zero-order valence-electron chi connectivity index (χ0n) is 17.4. The molecule has 0 aliphatic carbocycles. The van der Waals surface area contributed by atoms with Crippen molar-refractivity contribution >= 4 is 12.0 Å². The van der Waals surface area contributed by atoms with E-state index in [-0.39, 0.29) is 23.5 Å². The SMILES string of the molecule is CC(C)(C)OC(=O)N1C[C@H]2CCN(C(=O)c3cc(F)ccc3-n3nccn3)C[C@H]2C1. The monoisotopic (exact) mass is 415 g/mol. The Hall–Kier alpha value is -2.97. The van der Waals surface area contributed by atoms with Gasteiger partial charge in [0.2, 0.25) is 0 Å². The highest BCUT2D eigenvalue weighted by Gasteiger charge is 2.41. The van der Waals surface area contributed by atoms with E-state index in [0.29, 0.717) is 37.8 Å². The van der Waals surface area contributed by atoms with E-state index >= 15 is 0 Å². The van der Waals surface area contributed by atoms with Crippen LogP contribution in [0.2, 0.25) is 0 Å². The van der Waals surface area contributed by atoms with E-state index in [1.807, 2.05) is 20.8 Å². The molecule has 0 bridgehead atoms. The molecule has 2 aromatic rings. The summed E-state index contributed by atoms with van der Waals surface area (Å²) in [5.74, 6) is -0.228. The first-order valence-corrected chi connectivity index (χ1v) is 10.1. The van der Waals surface area contributed by atoms with Crippen molar-refractivity contribution in [3.05, 3.63) is 42.0 Å². The van der Waals surface area contributed by atoms with Crippen LogP contribution in [0.25, 0.3) is 5.69 Å². The fourth-order valence-corrected chi connectivity index (χ4v) is 4.19. The summed E-state index contributed by atoms with van der Waals surface area (Å²) in [6.45, 7) is 7.82. The predicted octanol–water partition coefficient (Wildman–Crippen LogP) is 2.74. The molecule has 30 heavy (non-hydrogen) atoms. The Labute approximate surface area is 174 Å². The second-order valence-corrected chi connectivity index (χ2v) is 8.93. The number of benzene rings is 1. The average Bonchev–Trinajstić information content (AvgIpc) is 3.35. The maximum atomic E-state index is 13.9. The zero-order chi connectivity index (χ0) is 21.5. The van der Waals surface area contributed by atoms with Gasteiger partial charge in [-0.1, -0.05) is 0 Å². The summed E-state index contributed by atoms with van der Waals surface area (Å²) in [6.07, 6.45) is 3.49. The molecule has 2 aliphatic rings. The number of likely N-dealkylation sites (tertiary alicyclic amines) is 2. The van der Waals surface area contributed by atoms with E-state index in [2.05, 4.69) is 10.2 Å². The molecule has 2 saturated heterocycles. The maximum absolute atomic E-state index is 13.9. The first-order valence-electron chi connectivity index (χ1n) is 10.1. The summed E-state index contributed by atoms with van der Waals surface area (Å²) in [5, 5.41) is 8.14. The number of rotatable bonds is 2. The first kappa shape index (κ1) is 20.3. The number of aromatic nitrogens is 3. The number of carbonyl (C=O) groups excluding carboxylic acids is 2. The molecular formula is C21H26FN5O3. The minimum absolute atomic E-state index is 0.176. The van der Waals surface area contributed by atoms with Gasteiger partial charge in [0.15, 0.2) is 0 Å². The van der Waals surface area contributed by atoms with E-state index < -0.39 is 11.4 Å². The second-order valence-electron chi connectivity index (χ2n) is 8.93. The van der Waals surface area contributed by atoms with Crippen molar-refractivity contribution in [2.75, 3.05) is 26.2 Å². The van der Waals surface area contributed by atoms with Gasteiger partial charge in [0.05, 0.1) is 23.6 Å². The molecule has 4 rings (SSSR count). The van der Waals surface area contributed by atoms with Gasteiger partial charge in [0.25, 0.3) is 5.91 Å². The molecule has 0 N–H and O–H groups in total. The lowest BCUT2D eigenvalue weighted by atomic mass is 9.88. The molecule has 2 atom stereocenters. The number of nitrogens with zero attached hydrogens (tertiary/aromatic N) is 5. The third-order valence-electron chi connectivity index (χ3n) is 5.56. The average molecular weight is 415 g/mol. The highest BCUT2D eigenvalue weighted by Crippen LogP contribution is 2.33. The van der Waals surface area contributed by atoms with Crippen LogP contribution < -0.4 is 0 Å². The Morgan fingerprint density at radius 2 is 1.73 bits per heavy atom. The van der Waals surface area contributed by atoms with Crippen LogP contribution in [0, 0.1) is 17.7 Å². The van der Waals surface area contributed by atoms with Crippen molar-refractivity contribution in [3.63, 3.8) is 0 Å². The van der Waals surface area contributed by atoms with Crippen molar-refractivity contribution in [1.82, 2.24) is 24.8 Å². The lowest BCUT2D eigenvalue weighted by Crippen LogP contribution is -2.43. The van der Waals surface area contributed by atoms with Crippen molar-refractivity contribution in [2.45, 2.75) is 32.8 Å². The smallest absolute Gasteiger partial charge is 0.410 e. The van der Waals surface area contributed by atoms with Crippen LogP contribution in [-0.2, 0) is 4.74 Å². The van der Waals surface area contributed by atoms with Gasteiger partial charge in [0.1, 0.15) is 11.4 Å². The Kier molecular flexibility index (Phi) is 5.21. The molecule has 2 amide bonds. The van der Waals surface area contributed by atoms with E-state index in [0.717, 1.165) is 6.42 Å². The van der Waals surface area contributed by atoms with Crippen LogP contribution in [0.1, 0.15) is 37.6 Å². The van der Waals surface area contributed by atoms with Gasteiger partial charge in [0, 0.05) is 26.2 Å². The minimum Gasteiger partial charge on any atom is -0.444 e. The minimum atomic E-state index is -0.541. The van der Waals surface area contributed by atoms with Crippen molar-refractivity contribution in [1.29, 1.82) is 0 Å². The van der Waals surface area contributed by atoms with Crippen LogP contribution in [0.5, 0.6) is 0 Å². The molecule has 160 valence electrons. The lowest BCUT2D eigenvalue weighted by Gasteiger charge is -2.34. The Morgan fingerprint density at radius 1 is 1.07 bits per heavy atom. The molecule has 2 aliphatic heterocycles. The molecule has 3 heterocycles. The molecule has 8 nitrogen and oxygen atoms in total. The van der Waals surface area contributed by atoms with E-state index in [1.54, 1.807) is 9.80 Å². The third kappa shape index (κ3) is 4.15. The Balaban J connectivity index is 1.48. The van der Waals surface area contributed by atoms with Crippen molar-refractivity contribution < 1.29 is 18.7 Å². The number of amides is 2. The highest BCUT2D eigenvalue weighted by atomic mass is 19.1. The molecule has 0 spiro atoms. The van der Waals surface area contributed by atoms with Gasteiger partial charge >= 0.3 is 6.09 Å². The van der Waals surface area contributed by atoms with Crippen LogP contribution >= 0.6 is 0 Å². The van der Waals surface area contributed by atoms with Crippen LogP contribution in [0.4, 0.5) is 9.18 Å². The summed E-state index contributed by atoms with van der Waals surface area (Å²) in [4.78, 5) is 30.5. The molecule has 0 saturated carbocycles. The normalized spacial score (nSPS) is 21.5. The van der Waals surface area contributed by atoms with Crippen molar-refractivity contribution in [3.8, 4) is 5.69 Å². The molecule has 1 aromatic heterocycles. The highest BCUT2D eigenvalue weighted by molar-refractivity contribution is 5.97. The Morgan fingerprint density at radius 3 is 2.43 bits per heavy atom. The van der Waals surface area contributed by atoms with Gasteiger partial charge in [-0.15, -0.1) is 0 Å². The van der Waals surface area contributed by atoms with Crippen molar-refractivity contribution in [2.24, 2.45) is 11.8 Å². The largest absolute Gasteiger partial charge is 0.444 e. The van der Waals surface area contributed by atoms with Gasteiger partial charge in [-0.25, -0.2) is 9.18 Å². The summed E-state index contributed by atoms with van der Waals surface area (Å²) in [6, 6.07) is 4.03. The van der Waals surface area contributed by atoms with Crippen LogP contribution in [0.3, 0.4) is 0 Å². The van der Waals surface area contributed by atoms with Crippen LogP contribution in [0.15, 0.2) is 30.6 Å². The molecule has 0 unspecified atom stereocenters. The molecule has 1 aromatic carbocycles. The number of fused-ring (bicyclic) bond motifs is 1. The van der Waals surface area contributed by atoms with Gasteiger partial charge in [-0.05, 0) is 57.2 Å². The molecule has 2 fully saturated rings. The Bertz CT molecular complexity index is 941. The maximum Gasteiger partial charge on any atom is 0.410 e. The second kappa shape index (κ2) is 7.70. The third-order valence-corrected chi connectivity index (χ3v) is 5.56. The predicted molar refractivity (Wildman–Crippen MR) is 107 cm³/mol. The van der Waals surface area contributed by atoms with Gasteiger partial charge in [-0.2, -0.15) is 15.0 Å². The standard InChI is InChI=1S/C21H26FN5O3/c1-21(2,3)30-20(29)26-11-14-6-9-25(12-15(14)13-26)19(28)17-10-16(22)4-5-18(17)27-23-7-8-24-27/h4-5,7-8,10,14-15H,6,9,11-13H2,1-3H3/t14-,15+/m1/s1. The molecule has 0 radical (unpaired) electrons. The fourth-order valence-electron chi connectivity index (χ4n) is 4.19. The quantitative estimate of drug-likeness (QED) is 0.754. The first-order chi connectivity index (χ1) is 14.2. The number of ether oxygens (including phenoxy) is 1. The number of halogens is 1. The number of piperidine rings is 1.